The number of rotatable bonds is 7. The van der Waals surface area contributed by atoms with E-state index in [2.05, 4.69) is 10.6 Å². The Kier molecular flexibility index (Phi) is 7.34. The number of nitrogens with one attached hydrogen (secondary N) is 3. The van der Waals surface area contributed by atoms with Gasteiger partial charge in [0.05, 0.1) is 12.1 Å². The lowest BCUT2D eigenvalue weighted by molar-refractivity contribution is -0.140. The molecule has 174 valence electrons. The molecule has 4 amide bonds. The number of nitrogens with zero attached hydrogens (tertiary/aromatic N) is 2. The lowest BCUT2D eigenvalue weighted by atomic mass is 10.00. The van der Waals surface area contributed by atoms with Gasteiger partial charge in [0.25, 0.3) is 0 Å². The van der Waals surface area contributed by atoms with Gasteiger partial charge in [-0.05, 0) is 39.2 Å². The predicted molar refractivity (Wildman–Crippen MR) is 117 cm³/mol. The number of carbonyl (C=O) groups excluding carboxylic acids is 3. The van der Waals surface area contributed by atoms with Crippen molar-refractivity contribution in [3.8, 4) is 0 Å². The van der Waals surface area contributed by atoms with E-state index < -0.39 is 23.6 Å². The first-order chi connectivity index (χ1) is 15.1. The van der Waals surface area contributed by atoms with E-state index in [1.165, 1.54) is 5.06 Å². The van der Waals surface area contributed by atoms with Crippen LogP contribution in [0, 0.1) is 5.41 Å². The molecule has 0 aliphatic carbocycles. The number of benzene rings is 1. The minimum Gasteiger partial charge on any atom is -0.444 e. The Hall–Kier alpha value is -3.14. The second-order valence-electron chi connectivity index (χ2n) is 8.91. The highest BCUT2D eigenvalue weighted by atomic mass is 16.7. The summed E-state index contributed by atoms with van der Waals surface area (Å²) in [5, 5.41) is 14.8. The molecular weight excluding hydrogens is 414 g/mol. The zero-order valence-corrected chi connectivity index (χ0v) is 18.7. The number of hydrogen-bond acceptors (Lipinski definition) is 6. The van der Waals surface area contributed by atoms with Crippen molar-refractivity contribution in [3.05, 3.63) is 35.9 Å². The van der Waals surface area contributed by atoms with E-state index in [4.69, 9.17) is 15.0 Å². The molecule has 2 saturated heterocycles. The summed E-state index contributed by atoms with van der Waals surface area (Å²) in [6.07, 6.45) is 0.644. The molecule has 0 unspecified atom stereocenters. The first-order valence-corrected chi connectivity index (χ1v) is 10.8. The smallest absolute Gasteiger partial charge is 0.407 e. The standard InChI is InChI=1S/C22H31N5O5/c1-22(2,3)32-20(29)24-12-11-18(28)25-19(23)17-10-9-16-13-26(17)21(30)27(16)31-14-15-7-5-4-6-8-15/h4-8,16-17H,9-14H2,1-3H3,(H,24,29)(H2,23,25,28)/t16-,17+/m1/s1. The van der Waals surface area contributed by atoms with Crippen LogP contribution in [-0.2, 0) is 21.0 Å². The zero-order chi connectivity index (χ0) is 23.3. The normalized spacial score (nSPS) is 20.2. The van der Waals surface area contributed by atoms with Crippen molar-refractivity contribution in [1.29, 1.82) is 5.41 Å². The summed E-state index contributed by atoms with van der Waals surface area (Å²) in [5.41, 5.74) is 0.349. The van der Waals surface area contributed by atoms with Crippen molar-refractivity contribution in [3.63, 3.8) is 0 Å². The molecule has 3 N–H and O–H groups in total. The molecule has 0 spiro atoms. The molecule has 1 aromatic rings. The largest absolute Gasteiger partial charge is 0.444 e. The van der Waals surface area contributed by atoms with Gasteiger partial charge in [-0.15, -0.1) is 0 Å². The van der Waals surface area contributed by atoms with Gasteiger partial charge in [-0.25, -0.2) is 9.59 Å². The molecule has 10 nitrogen and oxygen atoms in total. The van der Waals surface area contributed by atoms with Gasteiger partial charge in [0.1, 0.15) is 18.0 Å². The van der Waals surface area contributed by atoms with Crippen molar-refractivity contribution in [1.82, 2.24) is 20.6 Å². The van der Waals surface area contributed by atoms with Crippen molar-refractivity contribution >= 4 is 23.9 Å². The van der Waals surface area contributed by atoms with Crippen LogP contribution in [0.3, 0.4) is 0 Å². The minimum atomic E-state index is -0.617. The van der Waals surface area contributed by atoms with Crippen LogP contribution < -0.4 is 10.6 Å². The van der Waals surface area contributed by atoms with Crippen LogP contribution in [-0.4, -0.2) is 64.6 Å². The third-order valence-corrected chi connectivity index (χ3v) is 5.16. The van der Waals surface area contributed by atoms with Crippen molar-refractivity contribution < 1.29 is 24.0 Å². The van der Waals surface area contributed by atoms with Gasteiger partial charge in [-0.1, -0.05) is 30.3 Å². The number of alkyl carbamates (subject to hydrolysis) is 1. The number of carbonyl (C=O) groups is 3. The van der Waals surface area contributed by atoms with E-state index in [1.807, 2.05) is 30.3 Å². The topological polar surface area (TPSA) is 124 Å². The fraction of sp³-hybridized carbons (Fsp3) is 0.545. The second kappa shape index (κ2) is 9.99. The van der Waals surface area contributed by atoms with Crippen LogP contribution in [0.15, 0.2) is 30.3 Å². The quantitative estimate of drug-likeness (QED) is 0.439. The maximum absolute atomic E-state index is 12.8. The third-order valence-electron chi connectivity index (χ3n) is 5.16. The van der Waals surface area contributed by atoms with Crippen molar-refractivity contribution in [2.45, 2.75) is 64.3 Å². The molecule has 1 aromatic carbocycles. The summed E-state index contributed by atoms with van der Waals surface area (Å²) in [6.45, 7) is 6.09. The molecule has 2 heterocycles. The molecule has 10 heteroatoms. The predicted octanol–water partition coefficient (Wildman–Crippen LogP) is 2.40. The van der Waals surface area contributed by atoms with Crippen LogP contribution in [0.25, 0.3) is 0 Å². The summed E-state index contributed by atoms with van der Waals surface area (Å²) < 4.78 is 5.11. The molecule has 2 aliphatic heterocycles. The molecule has 0 saturated carbocycles. The van der Waals surface area contributed by atoms with Gasteiger partial charge >= 0.3 is 12.1 Å². The lowest BCUT2D eigenvalue weighted by Gasteiger charge is -2.30. The molecule has 2 bridgehead atoms. The van der Waals surface area contributed by atoms with E-state index in [0.717, 1.165) is 5.56 Å². The zero-order valence-electron chi connectivity index (χ0n) is 18.7. The Balaban J connectivity index is 1.45. The fourth-order valence-corrected chi connectivity index (χ4v) is 3.70. The summed E-state index contributed by atoms with van der Waals surface area (Å²) >= 11 is 0. The van der Waals surface area contributed by atoms with E-state index in [1.54, 1.807) is 25.7 Å². The fourth-order valence-electron chi connectivity index (χ4n) is 3.70. The van der Waals surface area contributed by atoms with E-state index in [-0.39, 0.29) is 30.9 Å². The Morgan fingerprint density at radius 2 is 1.91 bits per heavy atom. The lowest BCUT2D eigenvalue weighted by Crippen LogP contribution is -2.51. The van der Waals surface area contributed by atoms with Crippen molar-refractivity contribution in [2.24, 2.45) is 0 Å². The van der Waals surface area contributed by atoms with E-state index in [0.29, 0.717) is 26.0 Å². The molecule has 0 radical (unpaired) electrons. The SMILES string of the molecule is CC(C)(C)OC(=O)NCCC(=O)NC(=N)[C@@H]1CC[C@@H]2CN1C(=O)N2OCc1ccccc1. The number of fused-ring (bicyclic) bond motifs is 2. The Morgan fingerprint density at radius 3 is 2.59 bits per heavy atom. The number of hydroxylamine groups is 2. The van der Waals surface area contributed by atoms with Gasteiger partial charge in [-0.2, -0.15) is 5.06 Å². The number of urea groups is 1. The van der Waals surface area contributed by atoms with Gasteiger partial charge in [0, 0.05) is 19.5 Å². The maximum atomic E-state index is 12.8. The van der Waals surface area contributed by atoms with E-state index in [9.17, 15) is 14.4 Å². The average molecular weight is 446 g/mol. The maximum Gasteiger partial charge on any atom is 0.407 e. The monoisotopic (exact) mass is 445 g/mol. The molecule has 2 fully saturated rings. The highest BCUT2D eigenvalue weighted by molar-refractivity contribution is 6.01. The summed E-state index contributed by atoms with van der Waals surface area (Å²) in [4.78, 5) is 44.0. The number of hydrogen-bond donors (Lipinski definition) is 3. The summed E-state index contributed by atoms with van der Waals surface area (Å²) in [5.74, 6) is -0.430. The summed E-state index contributed by atoms with van der Waals surface area (Å²) in [6, 6.07) is 8.73. The number of amides is 4. The minimum absolute atomic E-state index is 0.00275. The van der Waals surface area contributed by atoms with Gasteiger partial charge in [0.15, 0.2) is 0 Å². The third kappa shape index (κ3) is 6.19. The molecule has 0 aromatic heterocycles. The van der Waals surface area contributed by atoms with E-state index >= 15 is 0 Å². The summed E-state index contributed by atoms with van der Waals surface area (Å²) in [7, 11) is 0. The second-order valence-corrected chi connectivity index (χ2v) is 8.91. The number of amidine groups is 1. The Bertz CT molecular complexity index is 854. The van der Waals surface area contributed by atoms with Crippen LogP contribution in [0.5, 0.6) is 0 Å². The highest BCUT2D eigenvalue weighted by Gasteiger charge is 2.47. The average Bonchev–Trinajstić information content (AvgIpc) is 2.95. The molecule has 2 aliphatic rings. The first kappa shape index (κ1) is 23.5. The molecule has 2 atom stereocenters. The number of piperidine rings is 1. The molecule has 32 heavy (non-hydrogen) atoms. The van der Waals surface area contributed by atoms with Crippen LogP contribution >= 0.6 is 0 Å². The van der Waals surface area contributed by atoms with Crippen LogP contribution in [0.2, 0.25) is 0 Å². The Labute approximate surface area is 187 Å². The first-order valence-electron chi connectivity index (χ1n) is 10.8. The van der Waals surface area contributed by atoms with Crippen molar-refractivity contribution in [2.75, 3.05) is 13.1 Å². The number of ether oxygens (including phenoxy) is 1. The highest BCUT2D eigenvalue weighted by Crippen LogP contribution is 2.30. The van der Waals surface area contributed by atoms with Crippen LogP contribution in [0.4, 0.5) is 9.59 Å². The van der Waals surface area contributed by atoms with Gasteiger partial charge < -0.3 is 20.3 Å². The van der Waals surface area contributed by atoms with Gasteiger partial charge in [0.2, 0.25) is 5.91 Å². The molecular formula is C22H31N5O5. The Morgan fingerprint density at radius 1 is 1.19 bits per heavy atom. The molecule has 3 rings (SSSR count). The van der Waals surface area contributed by atoms with Gasteiger partial charge in [-0.3, -0.25) is 15.0 Å². The van der Waals surface area contributed by atoms with Crippen LogP contribution in [0.1, 0.15) is 45.6 Å².